The highest BCUT2D eigenvalue weighted by Gasteiger charge is 2.67. The molecule has 0 aromatic heterocycles. The van der Waals surface area contributed by atoms with Gasteiger partial charge in [0.25, 0.3) is 0 Å². The van der Waals surface area contributed by atoms with E-state index in [9.17, 15) is 14.4 Å². The minimum atomic E-state index is -0.950. The molecule has 0 heterocycles. The summed E-state index contributed by atoms with van der Waals surface area (Å²) >= 11 is 0. The molecule has 6 atom stereocenters. The van der Waals surface area contributed by atoms with Crippen molar-refractivity contribution in [3.05, 3.63) is 11.6 Å². The smallest absolute Gasteiger partial charge is 0.303 e. The molecule has 0 bridgehead atoms. The number of esters is 1. The van der Waals surface area contributed by atoms with Gasteiger partial charge in [-0.3, -0.25) is 14.4 Å². The van der Waals surface area contributed by atoms with Gasteiger partial charge in [-0.15, -0.1) is 0 Å². The molecule has 4 aliphatic rings. The second kappa shape index (κ2) is 6.02. The molecule has 4 heteroatoms. The summed E-state index contributed by atoms with van der Waals surface area (Å²) in [6.07, 6.45) is 9.23. The lowest BCUT2D eigenvalue weighted by Gasteiger charge is -2.59. The molecule has 0 unspecified atom stereocenters. The Labute approximate surface area is 162 Å². The van der Waals surface area contributed by atoms with Crippen molar-refractivity contribution in [1.29, 1.82) is 0 Å². The molecule has 0 amide bonds. The molecule has 0 spiro atoms. The van der Waals surface area contributed by atoms with Crippen molar-refractivity contribution in [3.8, 4) is 0 Å². The van der Waals surface area contributed by atoms with Gasteiger partial charge >= 0.3 is 5.97 Å². The van der Waals surface area contributed by atoms with Crippen LogP contribution < -0.4 is 0 Å². The fraction of sp³-hybridized carbons (Fsp3) is 0.783. The van der Waals surface area contributed by atoms with Crippen molar-refractivity contribution in [2.24, 2.45) is 28.6 Å². The third kappa shape index (κ3) is 2.44. The van der Waals surface area contributed by atoms with Gasteiger partial charge < -0.3 is 4.74 Å². The van der Waals surface area contributed by atoms with Crippen LogP contribution in [0.25, 0.3) is 0 Å². The van der Waals surface area contributed by atoms with Gasteiger partial charge in [-0.2, -0.15) is 0 Å². The molecular weight excluding hydrogens is 340 g/mol. The van der Waals surface area contributed by atoms with Crippen molar-refractivity contribution in [2.45, 2.75) is 84.7 Å². The molecule has 148 valence electrons. The largest absolute Gasteiger partial charge is 0.451 e. The van der Waals surface area contributed by atoms with E-state index in [1.165, 1.54) is 12.5 Å². The Morgan fingerprint density at radius 3 is 2.37 bits per heavy atom. The van der Waals surface area contributed by atoms with Gasteiger partial charge in [0.2, 0.25) is 0 Å². The maximum absolute atomic E-state index is 12.7. The molecule has 0 aromatic carbocycles. The standard InChI is InChI=1S/C23H32O4/c1-14(24)23(27-15(2)25)12-9-20-18-6-5-16-13-17(26)7-10-21(16,3)19(18)8-11-22(20,23)4/h13,18-20H,5-12H2,1-4H3/t18-,19+,20+,21+,22+,23+/m0/s1. The fourth-order valence-electron chi connectivity index (χ4n) is 7.62. The van der Waals surface area contributed by atoms with Gasteiger partial charge in [0, 0.05) is 18.8 Å². The lowest BCUT2D eigenvalue weighted by Crippen LogP contribution is -2.58. The van der Waals surface area contributed by atoms with Crippen LogP contribution >= 0.6 is 0 Å². The second-order valence-corrected chi connectivity index (χ2v) is 9.94. The first-order chi connectivity index (χ1) is 12.6. The Hall–Kier alpha value is -1.45. The molecule has 0 saturated heterocycles. The van der Waals surface area contributed by atoms with Gasteiger partial charge in [-0.1, -0.05) is 19.4 Å². The predicted octanol–water partition coefficient (Wildman–Crippen LogP) is 4.41. The van der Waals surface area contributed by atoms with Gasteiger partial charge in [0.1, 0.15) is 0 Å². The van der Waals surface area contributed by atoms with Crippen LogP contribution in [0.2, 0.25) is 0 Å². The topological polar surface area (TPSA) is 60.4 Å². The number of ketones is 2. The summed E-state index contributed by atoms with van der Waals surface area (Å²) in [5.74, 6) is 1.48. The number of hydrogen-bond acceptors (Lipinski definition) is 4. The van der Waals surface area contributed by atoms with E-state index in [0.717, 1.165) is 38.5 Å². The fourth-order valence-corrected chi connectivity index (χ4v) is 7.62. The highest BCUT2D eigenvalue weighted by Crippen LogP contribution is 2.68. The highest BCUT2D eigenvalue weighted by molar-refractivity contribution is 5.91. The maximum Gasteiger partial charge on any atom is 0.303 e. The van der Waals surface area contributed by atoms with Gasteiger partial charge in [0.05, 0.1) is 0 Å². The molecule has 3 fully saturated rings. The van der Waals surface area contributed by atoms with Crippen LogP contribution in [0.15, 0.2) is 11.6 Å². The minimum Gasteiger partial charge on any atom is -0.451 e. The van der Waals surface area contributed by atoms with E-state index in [2.05, 4.69) is 13.8 Å². The van der Waals surface area contributed by atoms with Gasteiger partial charge in [-0.05, 0) is 81.1 Å². The van der Waals surface area contributed by atoms with Crippen molar-refractivity contribution in [3.63, 3.8) is 0 Å². The first-order valence-corrected chi connectivity index (χ1v) is 10.6. The van der Waals surface area contributed by atoms with E-state index in [1.54, 1.807) is 6.92 Å². The Bertz CT molecular complexity index is 737. The average Bonchev–Trinajstić information content (AvgIpc) is 2.89. The molecule has 0 radical (unpaired) electrons. The molecular formula is C23H32O4. The molecule has 3 saturated carbocycles. The molecule has 0 N–H and O–H groups in total. The number of Topliss-reactive ketones (excluding diaryl/α,β-unsaturated/α-hetero) is 1. The Kier molecular flexibility index (Phi) is 4.21. The van der Waals surface area contributed by atoms with Crippen molar-refractivity contribution < 1.29 is 19.1 Å². The zero-order valence-corrected chi connectivity index (χ0v) is 17.1. The second-order valence-electron chi connectivity index (χ2n) is 9.94. The van der Waals surface area contributed by atoms with Crippen LogP contribution in [0, 0.1) is 28.6 Å². The van der Waals surface area contributed by atoms with E-state index in [-0.39, 0.29) is 28.4 Å². The lowest BCUT2D eigenvalue weighted by atomic mass is 9.46. The summed E-state index contributed by atoms with van der Waals surface area (Å²) in [5.41, 5.74) is 0.266. The van der Waals surface area contributed by atoms with E-state index < -0.39 is 5.60 Å². The SMILES string of the molecule is CC(=O)O[C@@]1(C(C)=O)CC[C@@H]2[C@H]3CCC4=CC(=O)CC[C@@]4(C)[C@@H]3CC[C@]21C. The lowest BCUT2D eigenvalue weighted by molar-refractivity contribution is -0.187. The van der Waals surface area contributed by atoms with Crippen molar-refractivity contribution in [2.75, 3.05) is 0 Å². The third-order valence-electron chi connectivity index (χ3n) is 8.97. The van der Waals surface area contributed by atoms with E-state index in [4.69, 9.17) is 4.74 Å². The Balaban J connectivity index is 1.70. The van der Waals surface area contributed by atoms with Crippen LogP contribution in [0.1, 0.15) is 79.1 Å². The summed E-state index contributed by atoms with van der Waals surface area (Å²) in [7, 11) is 0. The number of fused-ring (bicyclic) bond motifs is 5. The number of ether oxygens (including phenoxy) is 1. The van der Waals surface area contributed by atoms with E-state index in [1.807, 2.05) is 6.08 Å². The number of rotatable bonds is 2. The normalized spacial score (nSPS) is 46.0. The zero-order chi connectivity index (χ0) is 19.6. The summed E-state index contributed by atoms with van der Waals surface area (Å²) in [6, 6.07) is 0. The monoisotopic (exact) mass is 372 g/mol. The summed E-state index contributed by atoms with van der Waals surface area (Å²) in [5, 5.41) is 0. The first kappa shape index (κ1) is 18.9. The minimum absolute atomic E-state index is 0.00650. The van der Waals surface area contributed by atoms with Crippen LogP contribution in [-0.4, -0.2) is 23.1 Å². The number of hydrogen-bond donors (Lipinski definition) is 0. The van der Waals surface area contributed by atoms with Crippen LogP contribution in [0.4, 0.5) is 0 Å². The predicted molar refractivity (Wildman–Crippen MR) is 102 cm³/mol. The Morgan fingerprint density at radius 1 is 1.00 bits per heavy atom. The zero-order valence-electron chi connectivity index (χ0n) is 17.1. The first-order valence-electron chi connectivity index (χ1n) is 10.6. The molecule has 0 aromatic rings. The average molecular weight is 373 g/mol. The quantitative estimate of drug-likeness (QED) is 0.674. The number of allylic oxidation sites excluding steroid dienone is 1. The van der Waals surface area contributed by atoms with Gasteiger partial charge in [0.15, 0.2) is 17.2 Å². The Morgan fingerprint density at radius 2 is 1.70 bits per heavy atom. The van der Waals surface area contributed by atoms with Crippen molar-refractivity contribution >= 4 is 17.5 Å². The van der Waals surface area contributed by atoms with Crippen LogP contribution in [0.3, 0.4) is 0 Å². The van der Waals surface area contributed by atoms with E-state index >= 15 is 0 Å². The maximum atomic E-state index is 12.7. The molecule has 27 heavy (non-hydrogen) atoms. The molecule has 4 nitrogen and oxygen atoms in total. The summed E-state index contributed by atoms with van der Waals surface area (Å²) in [4.78, 5) is 36.5. The number of carbonyl (C=O) groups excluding carboxylic acids is 3. The molecule has 4 rings (SSSR count). The number of carbonyl (C=O) groups is 3. The summed E-state index contributed by atoms with van der Waals surface area (Å²) in [6.45, 7) is 7.58. The van der Waals surface area contributed by atoms with Crippen LogP contribution in [-0.2, 0) is 19.1 Å². The van der Waals surface area contributed by atoms with Gasteiger partial charge in [-0.25, -0.2) is 0 Å². The van der Waals surface area contributed by atoms with Crippen molar-refractivity contribution in [1.82, 2.24) is 0 Å². The van der Waals surface area contributed by atoms with E-state index in [0.29, 0.717) is 30.6 Å². The third-order valence-corrected chi connectivity index (χ3v) is 8.97. The molecule has 0 aliphatic heterocycles. The molecule has 4 aliphatic carbocycles. The summed E-state index contributed by atoms with van der Waals surface area (Å²) < 4.78 is 5.81. The van der Waals surface area contributed by atoms with Crippen LogP contribution in [0.5, 0.6) is 0 Å². The highest BCUT2D eigenvalue weighted by atomic mass is 16.6.